The maximum Gasteiger partial charge on any atom is 0.242 e. The van der Waals surface area contributed by atoms with Gasteiger partial charge in [-0.3, -0.25) is 4.79 Å². The predicted octanol–water partition coefficient (Wildman–Crippen LogP) is 2.80. The minimum absolute atomic E-state index is 0.0301. The van der Waals surface area contributed by atoms with Crippen molar-refractivity contribution < 1.29 is 26.4 Å². The van der Waals surface area contributed by atoms with Gasteiger partial charge in [-0.05, 0) is 42.8 Å². The number of amides is 1. The molecule has 0 aliphatic carbocycles. The highest BCUT2D eigenvalue weighted by Gasteiger charge is 2.25. The molecule has 2 aromatic rings. The fourth-order valence-corrected chi connectivity index (χ4v) is 3.30. The maximum absolute atomic E-state index is 13.6. The van der Waals surface area contributed by atoms with Gasteiger partial charge in [-0.1, -0.05) is 13.0 Å². The fraction of sp³-hybridized carbons (Fsp3) is 0.188. The van der Waals surface area contributed by atoms with Crippen LogP contribution in [-0.2, 0) is 14.8 Å². The Hall–Kier alpha value is -2.39. The van der Waals surface area contributed by atoms with Gasteiger partial charge in [0.25, 0.3) is 0 Å². The molecule has 2 rings (SSSR count). The van der Waals surface area contributed by atoms with Gasteiger partial charge in [0.15, 0.2) is 0 Å². The molecule has 1 unspecified atom stereocenters. The first-order chi connectivity index (χ1) is 11.7. The number of nitrogens with one attached hydrogen (secondary N) is 2. The Morgan fingerprint density at radius 2 is 1.60 bits per heavy atom. The summed E-state index contributed by atoms with van der Waals surface area (Å²) in [7, 11) is -4.11. The number of hydrogen-bond donors (Lipinski definition) is 2. The molecule has 0 aliphatic rings. The highest BCUT2D eigenvalue weighted by Crippen LogP contribution is 2.19. The lowest BCUT2D eigenvalue weighted by atomic mass is 10.2. The molecule has 0 saturated carbocycles. The second-order valence-corrected chi connectivity index (χ2v) is 6.84. The number of carbonyl (C=O) groups is 1. The summed E-state index contributed by atoms with van der Waals surface area (Å²) in [6.07, 6.45) is 0.0301. The van der Waals surface area contributed by atoms with Crippen LogP contribution in [0.4, 0.5) is 18.9 Å². The molecule has 5 nitrogen and oxygen atoms in total. The van der Waals surface area contributed by atoms with Crippen LogP contribution in [0.25, 0.3) is 0 Å². The van der Waals surface area contributed by atoms with E-state index < -0.39 is 45.1 Å². The van der Waals surface area contributed by atoms with Gasteiger partial charge in [0.1, 0.15) is 29.2 Å². The standard InChI is InChI=1S/C16H15F3N2O3S/c1-2-14(16(22)20-15-12(18)4-3-5-13(15)19)21-25(23,24)11-8-6-10(17)7-9-11/h3-9,14,21H,2H2,1H3,(H,20,22). The van der Waals surface area contributed by atoms with E-state index in [-0.39, 0.29) is 11.3 Å². The largest absolute Gasteiger partial charge is 0.320 e. The van der Waals surface area contributed by atoms with Crippen molar-refractivity contribution >= 4 is 21.6 Å². The first-order valence-corrected chi connectivity index (χ1v) is 8.75. The van der Waals surface area contributed by atoms with Crippen LogP contribution < -0.4 is 10.0 Å². The average Bonchev–Trinajstić information content (AvgIpc) is 2.56. The van der Waals surface area contributed by atoms with Crippen molar-refractivity contribution in [3.05, 3.63) is 59.9 Å². The van der Waals surface area contributed by atoms with Crippen LogP contribution in [0.2, 0.25) is 0 Å². The molecular formula is C16H15F3N2O3S. The molecule has 134 valence electrons. The molecule has 2 N–H and O–H groups in total. The highest BCUT2D eigenvalue weighted by molar-refractivity contribution is 7.89. The molecule has 0 spiro atoms. The van der Waals surface area contributed by atoms with Crippen LogP contribution in [0, 0.1) is 17.5 Å². The van der Waals surface area contributed by atoms with Crippen molar-refractivity contribution in [3.63, 3.8) is 0 Å². The van der Waals surface area contributed by atoms with Crippen molar-refractivity contribution in [2.24, 2.45) is 0 Å². The van der Waals surface area contributed by atoms with Gasteiger partial charge in [0, 0.05) is 0 Å². The van der Waals surface area contributed by atoms with Crippen molar-refractivity contribution in [3.8, 4) is 0 Å². The Bertz CT molecular complexity index is 850. The summed E-state index contributed by atoms with van der Waals surface area (Å²) in [5.41, 5.74) is -0.660. The first kappa shape index (κ1) is 18.9. The van der Waals surface area contributed by atoms with E-state index in [0.717, 1.165) is 42.5 Å². The van der Waals surface area contributed by atoms with Crippen LogP contribution in [-0.4, -0.2) is 20.4 Å². The van der Waals surface area contributed by atoms with E-state index in [9.17, 15) is 26.4 Å². The summed E-state index contributed by atoms with van der Waals surface area (Å²) in [6, 6.07) is 5.79. The van der Waals surface area contributed by atoms with Crippen molar-refractivity contribution in [2.75, 3.05) is 5.32 Å². The molecule has 0 bridgehead atoms. The smallest absolute Gasteiger partial charge is 0.242 e. The van der Waals surface area contributed by atoms with Crippen molar-refractivity contribution in [1.82, 2.24) is 4.72 Å². The van der Waals surface area contributed by atoms with Gasteiger partial charge in [-0.15, -0.1) is 0 Å². The Balaban J connectivity index is 2.19. The summed E-state index contributed by atoms with van der Waals surface area (Å²) in [5, 5.41) is 2.04. The molecule has 0 aliphatic heterocycles. The third-order valence-corrected chi connectivity index (χ3v) is 4.84. The number of para-hydroxylation sites is 1. The summed E-state index contributed by atoms with van der Waals surface area (Å²) in [6.45, 7) is 1.52. The lowest BCUT2D eigenvalue weighted by molar-refractivity contribution is -0.117. The predicted molar refractivity (Wildman–Crippen MR) is 85.8 cm³/mol. The molecule has 2 aromatic carbocycles. The summed E-state index contributed by atoms with van der Waals surface area (Å²) < 4.78 is 66.7. The molecule has 0 aromatic heterocycles. The number of benzene rings is 2. The van der Waals surface area contributed by atoms with Crippen molar-refractivity contribution in [2.45, 2.75) is 24.3 Å². The number of rotatable bonds is 6. The van der Waals surface area contributed by atoms with Gasteiger partial charge < -0.3 is 5.32 Å². The van der Waals surface area contributed by atoms with E-state index in [1.807, 2.05) is 5.32 Å². The number of anilines is 1. The van der Waals surface area contributed by atoms with Crippen LogP contribution >= 0.6 is 0 Å². The summed E-state index contributed by atoms with van der Waals surface area (Å²) in [5.74, 6) is -3.50. The number of sulfonamides is 1. The second-order valence-electron chi connectivity index (χ2n) is 5.12. The average molecular weight is 372 g/mol. The third-order valence-electron chi connectivity index (χ3n) is 3.36. The van der Waals surface area contributed by atoms with E-state index >= 15 is 0 Å². The highest BCUT2D eigenvalue weighted by atomic mass is 32.2. The minimum atomic E-state index is -4.11. The minimum Gasteiger partial charge on any atom is -0.320 e. The second kappa shape index (κ2) is 7.66. The summed E-state index contributed by atoms with van der Waals surface area (Å²) in [4.78, 5) is 11.9. The lowest BCUT2D eigenvalue weighted by Gasteiger charge is -2.17. The Morgan fingerprint density at radius 1 is 1.04 bits per heavy atom. The Kier molecular flexibility index (Phi) is 5.81. The number of hydrogen-bond acceptors (Lipinski definition) is 3. The van der Waals surface area contributed by atoms with Crippen LogP contribution in [0.1, 0.15) is 13.3 Å². The zero-order valence-corrected chi connectivity index (χ0v) is 13.9. The Labute approximate surface area is 142 Å². The van der Waals surface area contributed by atoms with Gasteiger partial charge in [0.05, 0.1) is 4.90 Å². The third kappa shape index (κ3) is 4.58. The van der Waals surface area contributed by atoms with Crippen LogP contribution in [0.5, 0.6) is 0 Å². The number of halogens is 3. The molecule has 0 fully saturated rings. The first-order valence-electron chi connectivity index (χ1n) is 7.27. The SMILES string of the molecule is CCC(NS(=O)(=O)c1ccc(F)cc1)C(=O)Nc1c(F)cccc1F. The molecule has 25 heavy (non-hydrogen) atoms. The monoisotopic (exact) mass is 372 g/mol. The topological polar surface area (TPSA) is 75.3 Å². The molecule has 1 amide bonds. The lowest BCUT2D eigenvalue weighted by Crippen LogP contribution is -2.43. The Morgan fingerprint density at radius 3 is 2.12 bits per heavy atom. The number of carbonyl (C=O) groups excluding carboxylic acids is 1. The van der Waals surface area contributed by atoms with E-state index in [1.54, 1.807) is 0 Å². The zero-order valence-electron chi connectivity index (χ0n) is 13.1. The molecule has 0 saturated heterocycles. The van der Waals surface area contributed by atoms with Gasteiger partial charge in [0.2, 0.25) is 15.9 Å². The quantitative estimate of drug-likeness (QED) is 0.819. The molecular weight excluding hydrogens is 357 g/mol. The zero-order chi connectivity index (χ0) is 18.6. The molecule has 9 heteroatoms. The normalized spacial score (nSPS) is 12.6. The molecule has 1 atom stereocenters. The van der Waals surface area contributed by atoms with Crippen LogP contribution in [0.3, 0.4) is 0 Å². The van der Waals surface area contributed by atoms with Crippen LogP contribution in [0.15, 0.2) is 47.4 Å². The van der Waals surface area contributed by atoms with Gasteiger partial charge >= 0.3 is 0 Å². The molecule has 0 radical (unpaired) electrons. The maximum atomic E-state index is 13.6. The van der Waals surface area contributed by atoms with E-state index in [2.05, 4.69) is 4.72 Å². The summed E-state index contributed by atoms with van der Waals surface area (Å²) >= 11 is 0. The van der Waals surface area contributed by atoms with Gasteiger partial charge in [-0.2, -0.15) is 4.72 Å². The molecule has 0 heterocycles. The van der Waals surface area contributed by atoms with E-state index in [0.29, 0.717) is 0 Å². The van der Waals surface area contributed by atoms with Crippen molar-refractivity contribution in [1.29, 1.82) is 0 Å². The van der Waals surface area contributed by atoms with E-state index in [1.165, 1.54) is 6.92 Å². The van der Waals surface area contributed by atoms with Gasteiger partial charge in [-0.25, -0.2) is 21.6 Å². The van der Waals surface area contributed by atoms with E-state index in [4.69, 9.17) is 0 Å². The fourth-order valence-electron chi connectivity index (χ4n) is 2.02.